The molecule has 30 heavy (non-hydrogen) atoms. The van der Waals surface area contributed by atoms with E-state index in [1.165, 1.54) is 18.4 Å². The van der Waals surface area contributed by atoms with Gasteiger partial charge in [0.2, 0.25) is 11.8 Å². The molecule has 6 heteroatoms. The highest BCUT2D eigenvalue weighted by Crippen LogP contribution is 2.29. The van der Waals surface area contributed by atoms with E-state index < -0.39 is 0 Å². The lowest BCUT2D eigenvalue weighted by Gasteiger charge is -2.32. The molecule has 1 saturated carbocycles. The van der Waals surface area contributed by atoms with Crippen LogP contribution in [0, 0.1) is 6.92 Å². The largest absolute Gasteiger partial charge is 0.416 e. The monoisotopic (exact) mass is 402 g/mol. The number of hydrogen-bond donors (Lipinski definition) is 1. The molecule has 2 aliphatic rings. The van der Waals surface area contributed by atoms with Crippen LogP contribution < -0.4 is 5.32 Å². The Labute approximate surface area is 176 Å². The lowest BCUT2D eigenvalue weighted by Crippen LogP contribution is -2.45. The summed E-state index contributed by atoms with van der Waals surface area (Å²) >= 11 is 0. The summed E-state index contributed by atoms with van der Waals surface area (Å²) in [4.78, 5) is 15.2. The van der Waals surface area contributed by atoms with Crippen molar-refractivity contribution in [3.8, 4) is 22.9 Å². The van der Waals surface area contributed by atoms with Crippen molar-refractivity contribution in [3.63, 3.8) is 0 Å². The molecule has 2 aromatic carbocycles. The van der Waals surface area contributed by atoms with Crippen LogP contribution in [0.2, 0.25) is 0 Å². The Morgan fingerprint density at radius 1 is 0.900 bits per heavy atom. The van der Waals surface area contributed by atoms with Gasteiger partial charge >= 0.3 is 0 Å². The lowest BCUT2D eigenvalue weighted by molar-refractivity contribution is 0.0909. The van der Waals surface area contributed by atoms with Gasteiger partial charge in [-0.05, 0) is 69.0 Å². The summed E-state index contributed by atoms with van der Waals surface area (Å²) in [5.74, 6) is 0.923. The molecule has 0 bridgehead atoms. The number of nitrogens with zero attached hydrogens (tertiary/aromatic N) is 3. The number of likely N-dealkylation sites (tertiary alicyclic amines) is 1. The Hall–Kier alpha value is -2.99. The molecule has 0 radical (unpaired) electrons. The minimum atomic E-state index is -0.0164. The summed E-state index contributed by atoms with van der Waals surface area (Å²) in [5, 5.41) is 11.5. The fourth-order valence-corrected chi connectivity index (χ4v) is 4.03. The maximum atomic E-state index is 12.6. The Morgan fingerprint density at radius 2 is 1.47 bits per heavy atom. The van der Waals surface area contributed by atoms with Crippen molar-refractivity contribution in [3.05, 3.63) is 59.7 Å². The molecule has 3 aromatic rings. The minimum Gasteiger partial charge on any atom is -0.416 e. The predicted molar refractivity (Wildman–Crippen MR) is 115 cm³/mol. The molecule has 1 aromatic heterocycles. The number of aromatic nitrogens is 2. The highest BCUT2D eigenvalue weighted by molar-refractivity contribution is 5.94. The number of nitrogens with one attached hydrogen (secondary N) is 1. The zero-order chi connectivity index (χ0) is 20.5. The Kier molecular flexibility index (Phi) is 5.09. The third-order valence-electron chi connectivity index (χ3n) is 6.05. The van der Waals surface area contributed by atoms with Crippen LogP contribution in [0.15, 0.2) is 52.9 Å². The van der Waals surface area contributed by atoms with E-state index in [1.807, 2.05) is 55.5 Å². The maximum absolute atomic E-state index is 12.6. The Bertz CT molecular complexity index is 1010. The number of hydrogen-bond acceptors (Lipinski definition) is 5. The van der Waals surface area contributed by atoms with Gasteiger partial charge in [-0.15, -0.1) is 10.2 Å². The van der Waals surface area contributed by atoms with Gasteiger partial charge in [0.25, 0.3) is 5.91 Å². The number of benzene rings is 2. The van der Waals surface area contributed by atoms with Crippen molar-refractivity contribution < 1.29 is 9.21 Å². The Balaban J connectivity index is 1.21. The molecule has 154 valence electrons. The van der Waals surface area contributed by atoms with Crippen LogP contribution in [0.1, 0.15) is 41.6 Å². The third kappa shape index (κ3) is 4.14. The van der Waals surface area contributed by atoms with Gasteiger partial charge in [-0.2, -0.15) is 0 Å². The van der Waals surface area contributed by atoms with Gasteiger partial charge in [0.05, 0.1) is 0 Å². The zero-order valence-corrected chi connectivity index (χ0v) is 17.2. The number of carbonyl (C=O) groups is 1. The SMILES string of the molecule is Cc1ccc(-c2nnc(-c3ccc(C(=O)NC4CCN(C5CC5)CC4)cc3)o2)cc1. The number of carbonyl (C=O) groups excluding carboxylic acids is 1. The molecule has 1 aliphatic heterocycles. The smallest absolute Gasteiger partial charge is 0.251 e. The number of rotatable bonds is 5. The summed E-state index contributed by atoms with van der Waals surface area (Å²) in [6.07, 6.45) is 4.75. The van der Waals surface area contributed by atoms with Gasteiger partial charge in [-0.1, -0.05) is 17.7 Å². The second-order valence-corrected chi connectivity index (χ2v) is 8.37. The molecule has 0 atom stereocenters. The summed E-state index contributed by atoms with van der Waals surface area (Å²) in [7, 11) is 0. The van der Waals surface area contributed by atoms with Crippen molar-refractivity contribution >= 4 is 5.91 Å². The molecule has 1 saturated heterocycles. The van der Waals surface area contributed by atoms with Crippen LogP contribution in [0.25, 0.3) is 22.9 Å². The molecule has 5 rings (SSSR count). The van der Waals surface area contributed by atoms with Crippen molar-refractivity contribution in [1.82, 2.24) is 20.4 Å². The first-order valence-electron chi connectivity index (χ1n) is 10.7. The molecule has 1 amide bonds. The highest BCUT2D eigenvalue weighted by atomic mass is 16.4. The molecule has 1 N–H and O–H groups in total. The van der Waals surface area contributed by atoms with E-state index in [1.54, 1.807) is 0 Å². The molecule has 6 nitrogen and oxygen atoms in total. The van der Waals surface area contributed by atoms with Crippen molar-refractivity contribution in [2.75, 3.05) is 13.1 Å². The summed E-state index contributed by atoms with van der Waals surface area (Å²) < 4.78 is 5.82. The van der Waals surface area contributed by atoms with Crippen LogP contribution in [-0.2, 0) is 0 Å². The molecule has 2 fully saturated rings. The van der Waals surface area contributed by atoms with E-state index in [4.69, 9.17) is 4.42 Å². The van der Waals surface area contributed by atoms with Crippen LogP contribution in [0.3, 0.4) is 0 Å². The van der Waals surface area contributed by atoms with Crippen LogP contribution in [0.5, 0.6) is 0 Å². The number of piperidine rings is 1. The van der Waals surface area contributed by atoms with Crippen molar-refractivity contribution in [2.24, 2.45) is 0 Å². The molecule has 0 spiro atoms. The van der Waals surface area contributed by atoms with E-state index in [9.17, 15) is 4.79 Å². The zero-order valence-electron chi connectivity index (χ0n) is 17.2. The van der Waals surface area contributed by atoms with E-state index in [2.05, 4.69) is 20.4 Å². The van der Waals surface area contributed by atoms with Gasteiger partial charge in [0.15, 0.2) is 0 Å². The van der Waals surface area contributed by atoms with Crippen molar-refractivity contribution in [1.29, 1.82) is 0 Å². The number of amides is 1. The molecular formula is C24H26N4O2. The topological polar surface area (TPSA) is 71.3 Å². The van der Waals surface area contributed by atoms with Crippen LogP contribution >= 0.6 is 0 Å². The quantitative estimate of drug-likeness (QED) is 0.697. The van der Waals surface area contributed by atoms with Crippen LogP contribution in [0.4, 0.5) is 0 Å². The van der Waals surface area contributed by atoms with Crippen LogP contribution in [-0.4, -0.2) is 46.2 Å². The van der Waals surface area contributed by atoms with E-state index >= 15 is 0 Å². The first-order chi connectivity index (χ1) is 14.7. The fraction of sp³-hybridized carbons (Fsp3) is 0.375. The first kappa shape index (κ1) is 19.0. The third-order valence-corrected chi connectivity index (χ3v) is 6.05. The fourth-order valence-electron chi connectivity index (χ4n) is 4.03. The van der Waals surface area contributed by atoms with Gasteiger partial charge in [-0.25, -0.2) is 0 Å². The normalized spacial score (nSPS) is 17.8. The van der Waals surface area contributed by atoms with E-state index in [0.717, 1.165) is 43.1 Å². The summed E-state index contributed by atoms with van der Waals surface area (Å²) in [6.45, 7) is 4.22. The lowest BCUT2D eigenvalue weighted by atomic mass is 10.0. The standard InChI is InChI=1S/C24H26N4O2/c1-16-2-4-18(5-3-16)23-26-27-24(30-23)19-8-6-17(7-9-19)22(29)25-20-12-14-28(15-13-20)21-10-11-21/h2-9,20-21H,10-15H2,1H3,(H,25,29). The minimum absolute atomic E-state index is 0.0164. The average Bonchev–Trinajstić information content (AvgIpc) is 3.51. The molecule has 0 unspecified atom stereocenters. The summed E-state index contributed by atoms with van der Waals surface area (Å²) in [5.41, 5.74) is 3.53. The van der Waals surface area contributed by atoms with Gasteiger partial charge in [-0.3, -0.25) is 4.79 Å². The summed E-state index contributed by atoms with van der Waals surface area (Å²) in [6, 6.07) is 16.4. The Morgan fingerprint density at radius 3 is 2.03 bits per heavy atom. The second-order valence-electron chi connectivity index (χ2n) is 8.37. The molecular weight excluding hydrogens is 376 g/mol. The maximum Gasteiger partial charge on any atom is 0.251 e. The van der Waals surface area contributed by atoms with Gasteiger partial charge < -0.3 is 14.6 Å². The van der Waals surface area contributed by atoms with Gasteiger partial charge in [0, 0.05) is 41.9 Å². The van der Waals surface area contributed by atoms with Crippen molar-refractivity contribution in [2.45, 2.75) is 44.7 Å². The average molecular weight is 402 g/mol. The van der Waals surface area contributed by atoms with E-state index in [0.29, 0.717) is 17.3 Å². The highest BCUT2D eigenvalue weighted by Gasteiger charge is 2.32. The number of aryl methyl sites for hydroxylation is 1. The van der Waals surface area contributed by atoms with Gasteiger partial charge in [0.1, 0.15) is 0 Å². The second kappa shape index (κ2) is 8.03. The van der Waals surface area contributed by atoms with E-state index in [-0.39, 0.29) is 11.9 Å². The molecule has 1 aliphatic carbocycles. The first-order valence-corrected chi connectivity index (χ1v) is 10.7. The molecule has 2 heterocycles. The predicted octanol–water partition coefficient (Wildman–Crippen LogP) is 4.07.